The van der Waals surface area contributed by atoms with E-state index < -0.39 is 0 Å². The third-order valence-corrected chi connectivity index (χ3v) is 8.03. The molecule has 0 radical (unpaired) electrons. The van der Waals surface area contributed by atoms with E-state index in [0.29, 0.717) is 6.10 Å². The molecule has 0 unspecified atom stereocenters. The van der Waals surface area contributed by atoms with Crippen molar-refractivity contribution in [3.8, 4) is 0 Å². The van der Waals surface area contributed by atoms with E-state index in [1.807, 2.05) is 11.8 Å². The first kappa shape index (κ1) is 12.3. The third-order valence-electron chi connectivity index (χ3n) is 4.17. The zero-order valence-corrected chi connectivity index (χ0v) is 13.7. The molecule has 2 aliphatic carbocycles. The van der Waals surface area contributed by atoms with Crippen LogP contribution in [0.1, 0.15) is 39.5 Å². The van der Waals surface area contributed by atoms with E-state index in [2.05, 4.69) is 45.7 Å². The minimum atomic E-state index is 0.0454. The predicted octanol–water partition coefficient (Wildman–Crippen LogP) is 4.53. The van der Waals surface area contributed by atoms with E-state index in [-0.39, 0.29) is 8.17 Å². The van der Waals surface area contributed by atoms with Gasteiger partial charge in [0.15, 0.2) is 0 Å². The second-order valence-corrected chi connectivity index (χ2v) is 11.3. The molecule has 0 spiro atoms. The number of hydrogen-bond donors (Lipinski definition) is 0. The summed E-state index contributed by atoms with van der Waals surface area (Å²) >= 11 is 9.68. The van der Waals surface area contributed by atoms with Crippen LogP contribution in [-0.2, 0) is 4.74 Å². The lowest BCUT2D eigenvalue weighted by atomic mass is 9.98. The summed E-state index contributed by atoms with van der Waals surface area (Å²) < 4.78 is 6.42. The molecule has 1 heterocycles. The van der Waals surface area contributed by atoms with Crippen molar-refractivity contribution in [2.24, 2.45) is 11.8 Å². The minimum absolute atomic E-state index is 0.0454. The van der Waals surface area contributed by atoms with Crippen LogP contribution in [0.5, 0.6) is 0 Å². The van der Waals surface area contributed by atoms with E-state index in [0.717, 1.165) is 17.1 Å². The number of rotatable bonds is 0. The summed E-state index contributed by atoms with van der Waals surface area (Å²) in [4.78, 5) is 0.0454. The lowest BCUT2D eigenvalue weighted by Gasteiger charge is -2.20. The van der Waals surface area contributed by atoms with Gasteiger partial charge in [-0.1, -0.05) is 31.9 Å². The van der Waals surface area contributed by atoms with Gasteiger partial charge in [0.25, 0.3) is 0 Å². The standard InChI is InChI=1S/C12H18Br2OS/c1-11(2)15-9-5-3-7-8(12(7,13)14)4-6-10(9)16-11/h7-10H,3-6H2,1-2H3/t7-,8-,9-,10+/m1/s1. The van der Waals surface area contributed by atoms with Gasteiger partial charge in [-0.3, -0.25) is 0 Å². The van der Waals surface area contributed by atoms with Crippen LogP contribution in [-0.4, -0.2) is 19.5 Å². The molecule has 0 aromatic heterocycles. The summed E-state index contributed by atoms with van der Waals surface area (Å²) in [5, 5.41) is 0.729. The predicted molar refractivity (Wildman–Crippen MR) is 76.4 cm³/mol. The molecule has 1 saturated heterocycles. The van der Waals surface area contributed by atoms with E-state index in [9.17, 15) is 0 Å². The van der Waals surface area contributed by atoms with Crippen LogP contribution in [0.2, 0.25) is 0 Å². The zero-order chi connectivity index (χ0) is 11.6. The molecule has 4 atom stereocenters. The Hall–Kier alpha value is 1.27. The molecule has 0 N–H and O–H groups in total. The van der Waals surface area contributed by atoms with Crippen molar-refractivity contribution in [1.82, 2.24) is 0 Å². The van der Waals surface area contributed by atoms with Crippen LogP contribution in [0, 0.1) is 11.8 Å². The number of fused-ring (bicyclic) bond motifs is 2. The van der Waals surface area contributed by atoms with Crippen molar-refractivity contribution in [3.05, 3.63) is 0 Å². The Morgan fingerprint density at radius 3 is 2.38 bits per heavy atom. The van der Waals surface area contributed by atoms with Gasteiger partial charge >= 0.3 is 0 Å². The monoisotopic (exact) mass is 368 g/mol. The third kappa shape index (κ3) is 2.02. The molecule has 3 rings (SSSR count). The Kier molecular flexibility index (Phi) is 2.99. The lowest BCUT2D eigenvalue weighted by Crippen LogP contribution is -2.23. The SMILES string of the molecule is CC1(C)O[C@@H]2CC[C@@H]3[C@@H](CC[C@@H]2S1)C3(Br)Br. The highest BCUT2D eigenvalue weighted by atomic mass is 79.9. The van der Waals surface area contributed by atoms with Crippen LogP contribution in [0.15, 0.2) is 0 Å². The average Bonchev–Trinajstić information content (AvgIpc) is 2.49. The minimum Gasteiger partial charge on any atom is -0.361 e. The highest BCUT2D eigenvalue weighted by Gasteiger charge is 2.62. The van der Waals surface area contributed by atoms with Gasteiger partial charge in [0, 0.05) is 5.25 Å². The zero-order valence-electron chi connectivity index (χ0n) is 9.71. The lowest BCUT2D eigenvalue weighted by molar-refractivity contribution is -0.00317. The van der Waals surface area contributed by atoms with Gasteiger partial charge in [0.05, 0.1) is 9.34 Å². The number of ether oxygens (including phenoxy) is 1. The Balaban J connectivity index is 1.69. The quantitative estimate of drug-likeness (QED) is 0.580. The molecule has 16 heavy (non-hydrogen) atoms. The van der Waals surface area contributed by atoms with Crippen molar-refractivity contribution < 1.29 is 4.74 Å². The highest BCUT2D eigenvalue weighted by Crippen LogP contribution is 2.67. The smallest absolute Gasteiger partial charge is 0.108 e. The molecule has 1 nitrogen and oxygen atoms in total. The maximum absolute atomic E-state index is 6.16. The Morgan fingerprint density at radius 2 is 1.69 bits per heavy atom. The van der Waals surface area contributed by atoms with Crippen LogP contribution < -0.4 is 0 Å². The molecule has 92 valence electrons. The second kappa shape index (κ2) is 3.88. The molecule has 0 aromatic rings. The highest BCUT2D eigenvalue weighted by molar-refractivity contribution is 9.25. The topological polar surface area (TPSA) is 9.23 Å². The summed E-state index contributed by atoms with van der Waals surface area (Å²) in [7, 11) is 0. The van der Waals surface area contributed by atoms with E-state index in [1.165, 1.54) is 25.7 Å². The van der Waals surface area contributed by atoms with E-state index >= 15 is 0 Å². The normalized spacial score (nSPS) is 48.8. The fourth-order valence-electron chi connectivity index (χ4n) is 3.33. The van der Waals surface area contributed by atoms with Crippen molar-refractivity contribution in [2.75, 3.05) is 0 Å². The molecule has 3 aliphatic rings. The van der Waals surface area contributed by atoms with Gasteiger partial charge in [-0.05, 0) is 51.4 Å². The summed E-state index contributed by atoms with van der Waals surface area (Å²) in [6.45, 7) is 4.42. The van der Waals surface area contributed by atoms with Crippen LogP contribution in [0.4, 0.5) is 0 Å². The maximum atomic E-state index is 6.16. The van der Waals surface area contributed by atoms with Gasteiger partial charge in [0.2, 0.25) is 0 Å². The molecule has 2 saturated carbocycles. The van der Waals surface area contributed by atoms with Crippen LogP contribution in [0.3, 0.4) is 0 Å². The van der Waals surface area contributed by atoms with Crippen molar-refractivity contribution >= 4 is 43.6 Å². The van der Waals surface area contributed by atoms with Crippen molar-refractivity contribution in [3.63, 3.8) is 0 Å². The van der Waals surface area contributed by atoms with Crippen molar-refractivity contribution in [1.29, 1.82) is 0 Å². The molecule has 3 fully saturated rings. The first-order valence-electron chi connectivity index (χ1n) is 6.13. The summed E-state index contributed by atoms with van der Waals surface area (Å²) in [6, 6.07) is 0. The van der Waals surface area contributed by atoms with Crippen LogP contribution in [0.25, 0.3) is 0 Å². The Morgan fingerprint density at radius 1 is 1.06 bits per heavy atom. The molecule has 0 bridgehead atoms. The molecular weight excluding hydrogens is 352 g/mol. The van der Waals surface area contributed by atoms with E-state index in [1.54, 1.807) is 0 Å². The number of halogens is 2. The molecule has 0 aromatic carbocycles. The van der Waals surface area contributed by atoms with Crippen molar-refractivity contribution in [2.45, 2.75) is 59.1 Å². The van der Waals surface area contributed by atoms with Gasteiger partial charge in [-0.2, -0.15) is 0 Å². The van der Waals surface area contributed by atoms with Gasteiger partial charge < -0.3 is 4.74 Å². The second-order valence-electron chi connectivity index (χ2n) is 5.75. The van der Waals surface area contributed by atoms with Gasteiger partial charge in [-0.15, -0.1) is 11.8 Å². The molecule has 1 aliphatic heterocycles. The fourth-order valence-corrected chi connectivity index (χ4v) is 6.77. The number of alkyl halides is 2. The molecule has 4 heteroatoms. The Bertz CT molecular complexity index is 277. The largest absolute Gasteiger partial charge is 0.361 e. The first-order valence-corrected chi connectivity index (χ1v) is 8.60. The summed E-state index contributed by atoms with van der Waals surface area (Å²) in [5.41, 5.74) is 0. The average molecular weight is 370 g/mol. The molecular formula is C12H18Br2OS. The van der Waals surface area contributed by atoms with Gasteiger partial charge in [-0.25, -0.2) is 0 Å². The maximum Gasteiger partial charge on any atom is 0.108 e. The number of thioether (sulfide) groups is 1. The summed E-state index contributed by atoms with van der Waals surface area (Å²) in [6.07, 6.45) is 5.70. The first-order chi connectivity index (χ1) is 7.40. The molecule has 0 amide bonds. The summed E-state index contributed by atoms with van der Waals surface area (Å²) in [5.74, 6) is 1.67. The number of hydrogen-bond acceptors (Lipinski definition) is 2. The van der Waals surface area contributed by atoms with Crippen LogP contribution >= 0.6 is 43.6 Å². The fraction of sp³-hybridized carbons (Fsp3) is 1.00. The Labute approximate surface area is 119 Å². The van der Waals surface area contributed by atoms with E-state index in [4.69, 9.17) is 4.74 Å². The van der Waals surface area contributed by atoms with Gasteiger partial charge in [0.1, 0.15) is 4.93 Å².